The highest BCUT2D eigenvalue weighted by Gasteiger charge is 2.41. The Kier molecular flexibility index (Phi) is 4.98. The molecule has 27 heavy (non-hydrogen) atoms. The van der Waals surface area contributed by atoms with Gasteiger partial charge in [0.25, 0.3) is 5.12 Å². The lowest BCUT2D eigenvalue weighted by atomic mass is 10.2. The zero-order valence-electron chi connectivity index (χ0n) is 14.7. The number of nitrogens with two attached hydrogens (primary N) is 1. The lowest BCUT2D eigenvalue weighted by Gasteiger charge is -2.26. The van der Waals surface area contributed by atoms with E-state index in [1.165, 1.54) is 11.8 Å². The molecule has 2 heterocycles. The van der Waals surface area contributed by atoms with Gasteiger partial charge in [-0.3, -0.25) is 4.57 Å². The van der Waals surface area contributed by atoms with Gasteiger partial charge in [-0.25, -0.2) is 0 Å². The van der Waals surface area contributed by atoms with Gasteiger partial charge in [0.2, 0.25) is 0 Å². The fourth-order valence-electron chi connectivity index (χ4n) is 2.94. The molecule has 0 spiro atoms. The molecule has 2 aromatic carbocycles. The number of rotatable bonds is 6. The molecule has 1 aliphatic rings. The molecule has 0 amide bonds. The van der Waals surface area contributed by atoms with Crippen LogP contribution in [0.1, 0.15) is 5.56 Å². The summed E-state index contributed by atoms with van der Waals surface area (Å²) in [5.74, 6) is 0.749. The van der Waals surface area contributed by atoms with E-state index in [9.17, 15) is 0 Å². The first kappa shape index (κ1) is 17.8. The highest BCUT2D eigenvalue weighted by Crippen LogP contribution is 2.46. The Balaban J connectivity index is 1.73. The number of nitrogens with zero attached hydrogens (tertiary/aromatic N) is 3. The van der Waals surface area contributed by atoms with Gasteiger partial charge in [0.1, 0.15) is 0 Å². The summed E-state index contributed by atoms with van der Waals surface area (Å²) in [4.78, 5) is 0. The molecule has 0 atom stereocenters. The van der Waals surface area contributed by atoms with Crippen molar-refractivity contribution < 1.29 is 9.47 Å². The summed E-state index contributed by atoms with van der Waals surface area (Å²) in [5, 5.41) is 8.57. The van der Waals surface area contributed by atoms with Gasteiger partial charge in [0, 0.05) is 23.4 Å². The van der Waals surface area contributed by atoms with Crippen molar-refractivity contribution in [3.63, 3.8) is 0 Å². The van der Waals surface area contributed by atoms with Gasteiger partial charge in [-0.2, -0.15) is 0 Å². The predicted octanol–water partition coefficient (Wildman–Crippen LogP) is 3.66. The van der Waals surface area contributed by atoms with Crippen LogP contribution >= 0.6 is 11.8 Å². The van der Waals surface area contributed by atoms with Crippen molar-refractivity contribution in [1.82, 2.24) is 14.8 Å². The molecule has 0 radical (unpaired) electrons. The van der Waals surface area contributed by atoms with E-state index in [4.69, 9.17) is 15.2 Å². The second kappa shape index (κ2) is 7.56. The van der Waals surface area contributed by atoms with Crippen LogP contribution in [-0.4, -0.2) is 28.0 Å². The van der Waals surface area contributed by atoms with Crippen molar-refractivity contribution in [2.24, 2.45) is 0 Å². The number of allylic oxidation sites excluding steroid dienone is 1. The number of hydrogen-bond donors (Lipinski definition) is 1. The molecule has 1 fully saturated rings. The van der Waals surface area contributed by atoms with E-state index in [1.54, 1.807) is 0 Å². The van der Waals surface area contributed by atoms with E-state index < -0.39 is 5.12 Å². The Bertz CT molecular complexity index is 919. The molecule has 7 heteroatoms. The smallest absolute Gasteiger partial charge is 0.253 e. The molecule has 4 rings (SSSR count). The van der Waals surface area contributed by atoms with Crippen LogP contribution < -0.4 is 5.73 Å². The van der Waals surface area contributed by atoms with Crippen LogP contribution in [0.5, 0.6) is 0 Å². The molecule has 138 valence electrons. The number of anilines is 1. The summed E-state index contributed by atoms with van der Waals surface area (Å²) in [5.41, 5.74) is 8.39. The fourth-order valence-corrected chi connectivity index (χ4v) is 4.08. The van der Waals surface area contributed by atoms with Crippen LogP contribution in [0.25, 0.3) is 11.4 Å². The van der Waals surface area contributed by atoms with Gasteiger partial charge in [0.05, 0.1) is 13.2 Å². The van der Waals surface area contributed by atoms with Gasteiger partial charge >= 0.3 is 0 Å². The monoisotopic (exact) mass is 380 g/mol. The molecule has 2 N–H and O–H groups in total. The fraction of sp³-hybridized carbons (Fsp3) is 0.200. The van der Waals surface area contributed by atoms with Crippen molar-refractivity contribution in [1.29, 1.82) is 0 Å². The Morgan fingerprint density at radius 3 is 2.44 bits per heavy atom. The maximum Gasteiger partial charge on any atom is 0.253 e. The van der Waals surface area contributed by atoms with E-state index in [1.807, 2.05) is 65.2 Å². The van der Waals surface area contributed by atoms with Crippen molar-refractivity contribution in [3.05, 3.63) is 72.8 Å². The number of ether oxygens (including phenoxy) is 2. The SMILES string of the molecule is C=CCn1c(SC2(c3ccccc3)OCCO2)nnc1-c1ccc(N)cc1. The highest BCUT2D eigenvalue weighted by atomic mass is 32.2. The van der Waals surface area contributed by atoms with Crippen molar-refractivity contribution in [2.75, 3.05) is 18.9 Å². The summed E-state index contributed by atoms with van der Waals surface area (Å²) in [6.07, 6.45) is 1.82. The van der Waals surface area contributed by atoms with Gasteiger partial charge < -0.3 is 15.2 Å². The Morgan fingerprint density at radius 2 is 1.78 bits per heavy atom. The van der Waals surface area contributed by atoms with E-state index in [0.29, 0.717) is 30.6 Å². The highest BCUT2D eigenvalue weighted by molar-refractivity contribution is 7.99. The molecule has 3 aromatic rings. The summed E-state index contributed by atoms with van der Waals surface area (Å²) in [6.45, 7) is 5.49. The van der Waals surface area contributed by atoms with Crippen LogP contribution in [-0.2, 0) is 21.1 Å². The second-order valence-electron chi connectivity index (χ2n) is 6.05. The summed E-state index contributed by atoms with van der Waals surface area (Å²) >= 11 is 1.41. The molecule has 0 unspecified atom stereocenters. The van der Waals surface area contributed by atoms with Crippen LogP contribution in [0.3, 0.4) is 0 Å². The molecule has 6 nitrogen and oxygen atoms in total. The molecule has 1 saturated heterocycles. The summed E-state index contributed by atoms with van der Waals surface area (Å²) in [6, 6.07) is 17.5. The first-order valence-corrected chi connectivity index (χ1v) is 9.46. The third kappa shape index (κ3) is 3.49. The van der Waals surface area contributed by atoms with Crippen LogP contribution in [0.4, 0.5) is 5.69 Å². The molecule has 1 aliphatic heterocycles. The van der Waals surface area contributed by atoms with Crippen molar-refractivity contribution >= 4 is 17.4 Å². The minimum Gasteiger partial charge on any atom is -0.399 e. The zero-order chi connectivity index (χ0) is 18.7. The number of aromatic nitrogens is 3. The lowest BCUT2D eigenvalue weighted by Crippen LogP contribution is -2.23. The normalized spacial score (nSPS) is 15.7. The summed E-state index contributed by atoms with van der Waals surface area (Å²) < 4.78 is 14.0. The van der Waals surface area contributed by atoms with Gasteiger partial charge in [-0.05, 0) is 36.0 Å². The first-order chi connectivity index (χ1) is 13.2. The molecule has 0 saturated carbocycles. The quantitative estimate of drug-likeness (QED) is 0.520. The average molecular weight is 380 g/mol. The van der Waals surface area contributed by atoms with Crippen LogP contribution in [0.2, 0.25) is 0 Å². The third-order valence-electron chi connectivity index (χ3n) is 4.22. The Hall–Kier alpha value is -2.61. The lowest BCUT2D eigenvalue weighted by molar-refractivity contribution is -0.0818. The average Bonchev–Trinajstić information content (AvgIpc) is 3.33. The standard InChI is InChI=1S/C20H20N4O2S/c1-2-12-24-18(15-8-10-17(21)11-9-15)22-23-19(24)27-20(25-13-14-26-20)16-6-4-3-5-7-16/h2-11H,1,12-14,21H2. The zero-order valence-corrected chi connectivity index (χ0v) is 15.6. The minimum absolute atomic E-state index is 0.530. The van der Waals surface area contributed by atoms with E-state index in [2.05, 4.69) is 16.8 Å². The topological polar surface area (TPSA) is 75.2 Å². The maximum absolute atomic E-state index is 6.01. The predicted molar refractivity (Wildman–Crippen MR) is 106 cm³/mol. The van der Waals surface area contributed by atoms with Gasteiger partial charge in [-0.15, -0.1) is 16.8 Å². The Labute approximate surface area is 162 Å². The number of hydrogen-bond acceptors (Lipinski definition) is 6. The van der Waals surface area contributed by atoms with Gasteiger partial charge in [-0.1, -0.05) is 36.4 Å². The molecule has 1 aromatic heterocycles. The van der Waals surface area contributed by atoms with E-state index in [-0.39, 0.29) is 0 Å². The van der Waals surface area contributed by atoms with E-state index >= 15 is 0 Å². The molecule has 0 bridgehead atoms. The summed E-state index contributed by atoms with van der Waals surface area (Å²) in [7, 11) is 0. The van der Waals surface area contributed by atoms with Gasteiger partial charge in [0.15, 0.2) is 11.0 Å². The van der Waals surface area contributed by atoms with Crippen molar-refractivity contribution in [3.8, 4) is 11.4 Å². The molecular formula is C20H20N4O2S. The number of nitrogen functional groups attached to an aromatic ring is 1. The Morgan fingerprint density at radius 1 is 1.07 bits per heavy atom. The van der Waals surface area contributed by atoms with Crippen LogP contribution in [0, 0.1) is 0 Å². The first-order valence-electron chi connectivity index (χ1n) is 8.64. The molecular weight excluding hydrogens is 360 g/mol. The van der Waals surface area contributed by atoms with Crippen LogP contribution in [0.15, 0.2) is 72.4 Å². The second-order valence-corrected chi connectivity index (χ2v) is 7.16. The van der Waals surface area contributed by atoms with Crippen molar-refractivity contribution in [2.45, 2.75) is 16.8 Å². The number of thioether (sulfide) groups is 1. The number of benzene rings is 2. The largest absolute Gasteiger partial charge is 0.399 e. The maximum atomic E-state index is 6.01. The molecule has 0 aliphatic carbocycles. The van der Waals surface area contributed by atoms with E-state index in [0.717, 1.165) is 17.0 Å². The minimum atomic E-state index is -0.925. The third-order valence-corrected chi connectivity index (χ3v) is 5.44.